The van der Waals surface area contributed by atoms with Gasteiger partial charge in [-0.25, -0.2) is 0 Å². The first-order chi connectivity index (χ1) is 9.35. The lowest BCUT2D eigenvalue weighted by molar-refractivity contribution is -0.148. The number of nitrogens with one attached hydrogen (secondary N) is 1. The average Bonchev–Trinajstić information content (AvgIpc) is 2.38. The molecular formula is C12H14F3N3O2. The Bertz CT molecular complexity index is 513. The van der Waals surface area contributed by atoms with Gasteiger partial charge in [-0.05, 0) is 6.07 Å². The van der Waals surface area contributed by atoms with Gasteiger partial charge in [-0.15, -0.1) is 0 Å². The number of nitrogens with zero attached hydrogens (tertiary/aromatic N) is 2. The second kappa shape index (κ2) is 5.66. The maximum atomic E-state index is 12.2. The van der Waals surface area contributed by atoms with Crippen molar-refractivity contribution in [3.63, 3.8) is 0 Å². The van der Waals surface area contributed by atoms with E-state index in [1.807, 2.05) is 0 Å². The topological polar surface area (TPSA) is 56.4 Å². The highest BCUT2D eigenvalue weighted by molar-refractivity contribution is 5.93. The summed E-state index contributed by atoms with van der Waals surface area (Å²) in [5.74, 6) is -0.284. The predicted octanol–water partition coefficient (Wildman–Crippen LogP) is 0.695. The number of halogens is 3. The lowest BCUT2D eigenvalue weighted by Crippen LogP contribution is -2.50. The number of carbonyl (C=O) groups is 1. The molecule has 2 rings (SSSR count). The molecule has 0 aromatic carbocycles. The lowest BCUT2D eigenvalue weighted by Gasteiger charge is -2.34. The van der Waals surface area contributed by atoms with Crippen LogP contribution in [0.15, 0.2) is 23.1 Å². The minimum Gasteiger partial charge on any atom is -0.336 e. The van der Waals surface area contributed by atoms with E-state index in [9.17, 15) is 22.8 Å². The van der Waals surface area contributed by atoms with Crippen LogP contribution in [0.5, 0.6) is 0 Å². The number of hydrogen-bond donors (Lipinski definition) is 1. The van der Waals surface area contributed by atoms with E-state index in [1.165, 1.54) is 28.1 Å². The van der Waals surface area contributed by atoms with Gasteiger partial charge in [-0.3, -0.25) is 14.5 Å². The number of piperazine rings is 1. The van der Waals surface area contributed by atoms with Gasteiger partial charge in [-0.2, -0.15) is 13.2 Å². The Hall–Kier alpha value is -1.83. The molecule has 1 amide bonds. The second-order valence-corrected chi connectivity index (χ2v) is 4.63. The maximum absolute atomic E-state index is 12.2. The Kier molecular flexibility index (Phi) is 4.12. The van der Waals surface area contributed by atoms with Crippen molar-refractivity contribution in [2.24, 2.45) is 0 Å². The lowest BCUT2D eigenvalue weighted by atomic mass is 10.2. The van der Waals surface area contributed by atoms with Crippen LogP contribution in [0.4, 0.5) is 13.2 Å². The first-order valence-corrected chi connectivity index (χ1v) is 6.12. The summed E-state index contributed by atoms with van der Waals surface area (Å²) >= 11 is 0. The van der Waals surface area contributed by atoms with Crippen molar-refractivity contribution in [1.82, 2.24) is 14.8 Å². The Morgan fingerprint density at radius 3 is 2.35 bits per heavy atom. The van der Waals surface area contributed by atoms with E-state index >= 15 is 0 Å². The summed E-state index contributed by atoms with van der Waals surface area (Å²) in [6.07, 6.45) is -2.90. The molecule has 0 atom stereocenters. The van der Waals surface area contributed by atoms with E-state index in [0.717, 1.165) is 0 Å². The summed E-state index contributed by atoms with van der Waals surface area (Å²) in [7, 11) is 0. The molecule has 0 spiro atoms. The third-order valence-corrected chi connectivity index (χ3v) is 3.09. The predicted molar refractivity (Wildman–Crippen MR) is 65.5 cm³/mol. The van der Waals surface area contributed by atoms with Crippen LogP contribution in [0.25, 0.3) is 0 Å². The molecule has 0 saturated carbocycles. The highest BCUT2D eigenvalue weighted by atomic mass is 19.4. The van der Waals surface area contributed by atoms with Gasteiger partial charge in [0.1, 0.15) is 0 Å². The van der Waals surface area contributed by atoms with Crippen LogP contribution in [0.2, 0.25) is 0 Å². The van der Waals surface area contributed by atoms with Crippen LogP contribution in [0, 0.1) is 0 Å². The number of amides is 1. The molecule has 2 heterocycles. The van der Waals surface area contributed by atoms with Gasteiger partial charge in [0, 0.05) is 38.4 Å². The molecular weight excluding hydrogens is 275 g/mol. The molecule has 5 nitrogen and oxygen atoms in total. The second-order valence-electron chi connectivity index (χ2n) is 4.63. The smallest absolute Gasteiger partial charge is 0.336 e. The zero-order chi connectivity index (χ0) is 14.8. The van der Waals surface area contributed by atoms with Gasteiger partial charge in [0.2, 0.25) is 5.56 Å². The van der Waals surface area contributed by atoms with Crippen LogP contribution in [0.1, 0.15) is 10.4 Å². The van der Waals surface area contributed by atoms with E-state index in [0.29, 0.717) is 5.56 Å². The summed E-state index contributed by atoms with van der Waals surface area (Å²) in [6, 6.07) is 2.65. The molecule has 110 valence electrons. The van der Waals surface area contributed by atoms with Gasteiger partial charge < -0.3 is 9.88 Å². The zero-order valence-corrected chi connectivity index (χ0v) is 10.6. The highest BCUT2D eigenvalue weighted by Gasteiger charge is 2.32. The van der Waals surface area contributed by atoms with Crippen molar-refractivity contribution in [2.45, 2.75) is 6.18 Å². The van der Waals surface area contributed by atoms with E-state index in [4.69, 9.17) is 0 Å². The Balaban J connectivity index is 1.92. The largest absolute Gasteiger partial charge is 0.401 e. The summed E-state index contributed by atoms with van der Waals surface area (Å²) in [6.45, 7) is -0.0844. The summed E-state index contributed by atoms with van der Waals surface area (Å²) < 4.78 is 36.7. The molecule has 0 unspecified atom stereocenters. The molecule has 1 aliphatic rings. The molecule has 1 aliphatic heterocycles. The minimum absolute atomic E-state index is 0.189. The average molecular weight is 289 g/mol. The van der Waals surface area contributed by atoms with Crippen molar-refractivity contribution in [2.75, 3.05) is 32.7 Å². The van der Waals surface area contributed by atoms with E-state index in [-0.39, 0.29) is 37.6 Å². The first-order valence-electron chi connectivity index (χ1n) is 6.12. The number of aromatic amines is 1. The summed E-state index contributed by atoms with van der Waals surface area (Å²) in [5.41, 5.74) is 0.0189. The molecule has 1 saturated heterocycles. The van der Waals surface area contributed by atoms with Crippen LogP contribution in [-0.2, 0) is 0 Å². The normalized spacial score (nSPS) is 17.2. The number of hydrogen-bond acceptors (Lipinski definition) is 3. The molecule has 1 aromatic heterocycles. The van der Waals surface area contributed by atoms with Gasteiger partial charge in [0.25, 0.3) is 5.91 Å². The molecule has 8 heteroatoms. The van der Waals surface area contributed by atoms with Gasteiger partial charge in [0.15, 0.2) is 0 Å². The van der Waals surface area contributed by atoms with Crippen LogP contribution < -0.4 is 5.56 Å². The number of rotatable bonds is 2. The Labute approximate surface area is 113 Å². The van der Waals surface area contributed by atoms with Crippen molar-refractivity contribution < 1.29 is 18.0 Å². The van der Waals surface area contributed by atoms with E-state index in [1.54, 1.807) is 0 Å². The fourth-order valence-corrected chi connectivity index (χ4v) is 2.09. The number of pyridine rings is 1. The molecule has 20 heavy (non-hydrogen) atoms. The number of carbonyl (C=O) groups excluding carboxylic acids is 1. The molecule has 1 aromatic rings. The van der Waals surface area contributed by atoms with Crippen LogP contribution in [-0.4, -0.2) is 59.6 Å². The highest BCUT2D eigenvalue weighted by Crippen LogP contribution is 2.17. The van der Waals surface area contributed by atoms with Crippen LogP contribution in [0.3, 0.4) is 0 Å². The minimum atomic E-state index is -4.22. The van der Waals surface area contributed by atoms with Crippen molar-refractivity contribution >= 4 is 5.91 Å². The number of H-pyrrole nitrogens is 1. The fraction of sp³-hybridized carbons (Fsp3) is 0.500. The fourth-order valence-electron chi connectivity index (χ4n) is 2.09. The monoisotopic (exact) mass is 289 g/mol. The summed E-state index contributed by atoms with van der Waals surface area (Å²) in [5, 5.41) is 0. The van der Waals surface area contributed by atoms with Crippen molar-refractivity contribution in [3.8, 4) is 0 Å². The number of alkyl halides is 3. The SMILES string of the molecule is O=C(c1ccc(=O)[nH]c1)N1CCN(CC(F)(F)F)CC1. The quantitative estimate of drug-likeness (QED) is 0.872. The third-order valence-electron chi connectivity index (χ3n) is 3.09. The van der Waals surface area contributed by atoms with Gasteiger partial charge in [-0.1, -0.05) is 0 Å². The van der Waals surface area contributed by atoms with Crippen molar-refractivity contribution in [3.05, 3.63) is 34.2 Å². The Morgan fingerprint density at radius 1 is 1.20 bits per heavy atom. The van der Waals surface area contributed by atoms with E-state index < -0.39 is 12.7 Å². The van der Waals surface area contributed by atoms with E-state index in [2.05, 4.69) is 4.98 Å². The van der Waals surface area contributed by atoms with Gasteiger partial charge in [0.05, 0.1) is 12.1 Å². The standard InChI is InChI=1S/C12H14F3N3O2/c13-12(14,15)8-17-3-5-18(6-4-17)11(20)9-1-2-10(19)16-7-9/h1-2,7H,3-6,8H2,(H,16,19). The first kappa shape index (κ1) is 14.6. The zero-order valence-electron chi connectivity index (χ0n) is 10.6. The Morgan fingerprint density at radius 2 is 1.85 bits per heavy atom. The summed E-state index contributed by atoms with van der Waals surface area (Å²) in [4.78, 5) is 28.1. The van der Waals surface area contributed by atoms with Gasteiger partial charge >= 0.3 is 6.18 Å². The maximum Gasteiger partial charge on any atom is 0.401 e. The molecule has 0 radical (unpaired) electrons. The molecule has 1 N–H and O–H groups in total. The number of aromatic nitrogens is 1. The van der Waals surface area contributed by atoms with Crippen molar-refractivity contribution in [1.29, 1.82) is 0 Å². The molecule has 0 aliphatic carbocycles. The molecule has 0 bridgehead atoms. The molecule has 1 fully saturated rings. The van der Waals surface area contributed by atoms with Crippen LogP contribution >= 0.6 is 0 Å². The third kappa shape index (κ3) is 3.83.